The molecular formula is C18H18BrNO2S. The largest absolute Gasteiger partial charge is 0.476 e. The molecule has 0 unspecified atom stereocenters. The van der Waals surface area contributed by atoms with Crippen molar-refractivity contribution < 1.29 is 9.47 Å². The van der Waals surface area contributed by atoms with E-state index in [-0.39, 0.29) is 5.54 Å². The zero-order valence-corrected chi connectivity index (χ0v) is 15.7. The highest BCUT2D eigenvalue weighted by atomic mass is 79.9. The van der Waals surface area contributed by atoms with Gasteiger partial charge in [-0.3, -0.25) is 0 Å². The molecule has 0 amide bonds. The highest BCUT2D eigenvalue weighted by Crippen LogP contribution is 2.63. The van der Waals surface area contributed by atoms with Crippen LogP contribution in [0.2, 0.25) is 0 Å². The first-order chi connectivity index (χ1) is 10.9. The van der Waals surface area contributed by atoms with Gasteiger partial charge in [0.1, 0.15) is 6.61 Å². The molecule has 2 atom stereocenters. The van der Waals surface area contributed by atoms with Crippen molar-refractivity contribution in [3.05, 3.63) is 56.7 Å². The summed E-state index contributed by atoms with van der Waals surface area (Å²) in [5.74, 6) is 0.701. The van der Waals surface area contributed by atoms with Gasteiger partial charge in [-0.2, -0.15) is 0 Å². The van der Waals surface area contributed by atoms with Crippen LogP contribution in [0.15, 0.2) is 51.2 Å². The fraction of sp³-hybridized carbons (Fsp3) is 0.389. The molecule has 120 valence electrons. The maximum absolute atomic E-state index is 6.41. The average Bonchev–Trinajstić information content (AvgIpc) is 2.91. The molecule has 5 heteroatoms. The molecule has 0 N–H and O–H groups in total. The molecule has 2 aliphatic heterocycles. The van der Waals surface area contributed by atoms with Crippen LogP contribution < -0.4 is 0 Å². The SMILES string of the molecule is CC1(C)COC([C@@]2(C)O[C@@]2(c2cccs2)c2ccccc2Br)=N1. The Bertz CT molecular complexity index is 786. The van der Waals surface area contributed by atoms with Crippen molar-refractivity contribution in [2.45, 2.75) is 37.5 Å². The van der Waals surface area contributed by atoms with Gasteiger partial charge >= 0.3 is 0 Å². The molecule has 0 spiro atoms. The van der Waals surface area contributed by atoms with Crippen LogP contribution in [0.25, 0.3) is 0 Å². The van der Waals surface area contributed by atoms with E-state index in [9.17, 15) is 0 Å². The molecule has 0 bridgehead atoms. The second-order valence-electron chi connectivity index (χ2n) is 6.79. The minimum Gasteiger partial charge on any atom is -0.476 e. The summed E-state index contributed by atoms with van der Waals surface area (Å²) in [5, 5.41) is 2.08. The normalized spacial score (nSPS) is 31.6. The summed E-state index contributed by atoms with van der Waals surface area (Å²) in [6.45, 7) is 6.83. The maximum atomic E-state index is 6.41. The molecule has 1 fully saturated rings. The Hall–Kier alpha value is -1.17. The summed E-state index contributed by atoms with van der Waals surface area (Å²) in [6.07, 6.45) is 0. The molecule has 2 aliphatic rings. The van der Waals surface area contributed by atoms with Crippen LogP contribution >= 0.6 is 27.3 Å². The number of aliphatic imine (C=N–C) groups is 1. The Morgan fingerprint density at radius 3 is 2.52 bits per heavy atom. The number of epoxide rings is 1. The first-order valence-corrected chi connectivity index (χ1v) is 9.29. The zero-order valence-electron chi connectivity index (χ0n) is 13.3. The van der Waals surface area contributed by atoms with E-state index in [2.05, 4.69) is 60.3 Å². The average molecular weight is 392 g/mol. The van der Waals surface area contributed by atoms with Gasteiger partial charge in [0.2, 0.25) is 5.90 Å². The lowest BCUT2D eigenvalue weighted by molar-refractivity contribution is 0.249. The van der Waals surface area contributed by atoms with Crippen LogP contribution in [0, 0.1) is 0 Å². The van der Waals surface area contributed by atoms with Crippen LogP contribution in [-0.4, -0.2) is 23.6 Å². The highest BCUT2D eigenvalue weighted by molar-refractivity contribution is 9.10. The first-order valence-electron chi connectivity index (χ1n) is 7.61. The van der Waals surface area contributed by atoms with E-state index in [0.29, 0.717) is 12.5 Å². The van der Waals surface area contributed by atoms with E-state index in [1.165, 1.54) is 4.88 Å². The van der Waals surface area contributed by atoms with Gasteiger partial charge in [-0.15, -0.1) is 11.3 Å². The predicted molar refractivity (Wildman–Crippen MR) is 96.2 cm³/mol. The molecule has 1 saturated heterocycles. The summed E-state index contributed by atoms with van der Waals surface area (Å²) in [7, 11) is 0. The lowest BCUT2D eigenvalue weighted by atomic mass is 9.85. The minimum absolute atomic E-state index is 0.195. The fourth-order valence-electron chi connectivity index (χ4n) is 3.26. The van der Waals surface area contributed by atoms with Gasteiger partial charge in [0.25, 0.3) is 0 Å². The monoisotopic (exact) mass is 391 g/mol. The van der Waals surface area contributed by atoms with Crippen LogP contribution in [0.3, 0.4) is 0 Å². The Balaban J connectivity index is 1.87. The second-order valence-corrected chi connectivity index (χ2v) is 8.59. The Morgan fingerprint density at radius 2 is 1.91 bits per heavy atom. The summed E-state index contributed by atoms with van der Waals surface area (Å²) in [4.78, 5) is 5.94. The Labute approximate surface area is 148 Å². The molecule has 23 heavy (non-hydrogen) atoms. The quantitative estimate of drug-likeness (QED) is 0.707. The van der Waals surface area contributed by atoms with Crippen LogP contribution in [0.1, 0.15) is 31.2 Å². The third-order valence-electron chi connectivity index (χ3n) is 4.48. The van der Waals surface area contributed by atoms with E-state index in [4.69, 9.17) is 14.5 Å². The molecule has 1 aromatic carbocycles. The molecule has 3 heterocycles. The number of benzene rings is 1. The maximum Gasteiger partial charge on any atom is 0.220 e. The van der Waals surface area contributed by atoms with Crippen LogP contribution in [0.5, 0.6) is 0 Å². The molecule has 0 saturated carbocycles. The number of thiophene rings is 1. The third kappa shape index (κ3) is 2.13. The second kappa shape index (κ2) is 4.91. The van der Waals surface area contributed by atoms with Gasteiger partial charge in [0.05, 0.1) is 5.54 Å². The number of hydrogen-bond acceptors (Lipinski definition) is 4. The van der Waals surface area contributed by atoms with E-state index >= 15 is 0 Å². The van der Waals surface area contributed by atoms with Gasteiger partial charge in [0, 0.05) is 14.9 Å². The molecular weight excluding hydrogens is 374 g/mol. The van der Waals surface area contributed by atoms with E-state index < -0.39 is 11.2 Å². The van der Waals surface area contributed by atoms with Crippen molar-refractivity contribution in [3.8, 4) is 0 Å². The highest BCUT2D eigenvalue weighted by Gasteiger charge is 2.74. The van der Waals surface area contributed by atoms with Gasteiger partial charge in [-0.05, 0) is 38.3 Å². The molecule has 0 aliphatic carbocycles. The van der Waals surface area contributed by atoms with Crippen molar-refractivity contribution in [1.82, 2.24) is 0 Å². The van der Waals surface area contributed by atoms with Crippen molar-refractivity contribution in [2.75, 3.05) is 6.61 Å². The van der Waals surface area contributed by atoms with E-state index in [1.54, 1.807) is 11.3 Å². The van der Waals surface area contributed by atoms with Gasteiger partial charge in [-0.1, -0.05) is 40.2 Å². The topological polar surface area (TPSA) is 34.1 Å². The lowest BCUT2D eigenvalue weighted by Crippen LogP contribution is -2.31. The summed E-state index contributed by atoms with van der Waals surface area (Å²) < 4.78 is 13.4. The Kier molecular flexibility index (Phi) is 3.28. The van der Waals surface area contributed by atoms with Crippen LogP contribution in [0.4, 0.5) is 0 Å². The molecule has 0 radical (unpaired) electrons. The zero-order chi connectivity index (χ0) is 16.3. The molecule has 1 aromatic heterocycles. The van der Waals surface area contributed by atoms with Crippen molar-refractivity contribution >= 4 is 33.2 Å². The van der Waals surface area contributed by atoms with E-state index in [1.807, 2.05) is 18.2 Å². The standard InChI is InChI=1S/C18H18BrNO2S/c1-16(2)11-21-15(20-16)17(3)18(22-17,14-9-6-10-23-14)12-7-4-5-8-13(12)19/h4-10H,11H2,1-3H3/t17-,18-/m1/s1. The van der Waals surface area contributed by atoms with Crippen molar-refractivity contribution in [1.29, 1.82) is 0 Å². The number of ether oxygens (including phenoxy) is 2. The van der Waals surface area contributed by atoms with Gasteiger partial charge in [-0.25, -0.2) is 4.99 Å². The number of rotatable bonds is 3. The van der Waals surface area contributed by atoms with Crippen molar-refractivity contribution in [3.63, 3.8) is 0 Å². The summed E-state index contributed by atoms with van der Waals surface area (Å²) in [6, 6.07) is 12.4. The number of nitrogens with zero attached hydrogens (tertiary/aromatic N) is 1. The number of halogens is 1. The van der Waals surface area contributed by atoms with Crippen LogP contribution in [-0.2, 0) is 15.1 Å². The smallest absolute Gasteiger partial charge is 0.220 e. The summed E-state index contributed by atoms with van der Waals surface area (Å²) in [5.41, 5.74) is -0.198. The number of hydrogen-bond donors (Lipinski definition) is 0. The molecule has 3 nitrogen and oxygen atoms in total. The lowest BCUT2D eigenvalue weighted by Gasteiger charge is -2.17. The fourth-order valence-corrected chi connectivity index (χ4v) is 4.80. The first kappa shape index (κ1) is 15.4. The molecule has 2 aromatic rings. The van der Waals surface area contributed by atoms with E-state index in [0.717, 1.165) is 10.0 Å². The third-order valence-corrected chi connectivity index (χ3v) is 6.15. The minimum atomic E-state index is -0.574. The summed E-state index contributed by atoms with van der Waals surface area (Å²) >= 11 is 5.38. The van der Waals surface area contributed by atoms with Gasteiger partial charge < -0.3 is 9.47 Å². The molecule has 4 rings (SSSR count). The van der Waals surface area contributed by atoms with Crippen molar-refractivity contribution in [2.24, 2.45) is 4.99 Å². The van der Waals surface area contributed by atoms with Gasteiger partial charge in [0.15, 0.2) is 11.2 Å². The Morgan fingerprint density at radius 1 is 1.13 bits per heavy atom. The predicted octanol–water partition coefficient (Wildman–Crippen LogP) is 4.75.